The third-order valence-electron chi connectivity index (χ3n) is 3.68. The van der Waals surface area contributed by atoms with Crippen molar-refractivity contribution in [2.45, 2.75) is 12.8 Å². The van der Waals surface area contributed by atoms with Gasteiger partial charge in [0.15, 0.2) is 12.2 Å². The molecule has 0 saturated carbocycles. The van der Waals surface area contributed by atoms with Crippen LogP contribution < -0.4 is 4.90 Å². The lowest BCUT2D eigenvalue weighted by molar-refractivity contribution is -0.147. The Morgan fingerprint density at radius 3 is 2.90 bits per heavy atom. The number of para-hydroxylation sites is 2. The summed E-state index contributed by atoms with van der Waals surface area (Å²) in [7, 11) is 0. The maximum Gasteiger partial charge on any atom is 0.310 e. The lowest BCUT2D eigenvalue weighted by Crippen LogP contribution is -2.37. The van der Waals surface area contributed by atoms with Crippen molar-refractivity contribution in [2.75, 3.05) is 24.6 Å². The first kappa shape index (κ1) is 13.5. The number of benzene rings is 1. The second-order valence-corrected chi connectivity index (χ2v) is 5.04. The highest BCUT2D eigenvalue weighted by Crippen LogP contribution is 2.26. The fourth-order valence-corrected chi connectivity index (χ4v) is 2.53. The average Bonchev–Trinajstić information content (AvgIpc) is 2.96. The summed E-state index contributed by atoms with van der Waals surface area (Å²) in [4.78, 5) is 18.3. The Balaban J connectivity index is 1.63. The number of oxazole rings is 1. The second kappa shape index (κ2) is 5.88. The van der Waals surface area contributed by atoms with E-state index >= 15 is 0 Å². The molecule has 0 spiro atoms. The molecule has 0 atom stereocenters. The van der Waals surface area contributed by atoms with E-state index in [1.54, 1.807) is 0 Å². The number of carbonyl (C=O) groups excluding carboxylic acids is 1. The van der Waals surface area contributed by atoms with Crippen LogP contribution in [0.25, 0.3) is 11.1 Å². The molecule has 2 aromatic rings. The molecule has 108 valence electrons. The molecule has 0 bridgehead atoms. The first-order valence-corrected chi connectivity index (χ1v) is 6.98. The van der Waals surface area contributed by atoms with Crippen LogP contribution in [0.2, 0.25) is 0 Å². The van der Waals surface area contributed by atoms with Gasteiger partial charge in [0, 0.05) is 13.1 Å². The van der Waals surface area contributed by atoms with Gasteiger partial charge >= 0.3 is 5.97 Å². The van der Waals surface area contributed by atoms with Gasteiger partial charge in [-0.2, -0.15) is 4.98 Å². The Morgan fingerprint density at radius 1 is 1.43 bits per heavy atom. The summed E-state index contributed by atoms with van der Waals surface area (Å²) in [5.41, 5.74) is 1.63. The summed E-state index contributed by atoms with van der Waals surface area (Å²) in [6, 6.07) is 8.29. The summed E-state index contributed by atoms with van der Waals surface area (Å²) in [5.74, 6) is 2.02. The predicted octanol–water partition coefficient (Wildman–Crippen LogP) is 2.22. The molecule has 0 N–H and O–H groups in total. The highest BCUT2D eigenvalue weighted by molar-refractivity contribution is 5.75. The number of rotatable bonds is 3. The van der Waals surface area contributed by atoms with Crippen LogP contribution in [0.5, 0.6) is 0 Å². The summed E-state index contributed by atoms with van der Waals surface area (Å²) in [5, 5.41) is 0. The van der Waals surface area contributed by atoms with Crippen LogP contribution in [-0.2, 0) is 9.53 Å². The zero-order valence-electron chi connectivity index (χ0n) is 11.6. The highest BCUT2D eigenvalue weighted by Gasteiger charge is 2.28. The van der Waals surface area contributed by atoms with Crippen molar-refractivity contribution >= 4 is 23.1 Å². The summed E-state index contributed by atoms with van der Waals surface area (Å²) >= 11 is 0. The van der Waals surface area contributed by atoms with Gasteiger partial charge < -0.3 is 14.1 Å². The first-order valence-electron chi connectivity index (χ1n) is 6.98. The second-order valence-electron chi connectivity index (χ2n) is 5.04. The van der Waals surface area contributed by atoms with Crippen LogP contribution in [0.15, 0.2) is 28.7 Å². The topological polar surface area (TPSA) is 55.6 Å². The summed E-state index contributed by atoms with van der Waals surface area (Å²) in [6.07, 6.45) is 6.53. The van der Waals surface area contributed by atoms with E-state index in [-0.39, 0.29) is 18.5 Å². The third-order valence-corrected chi connectivity index (χ3v) is 3.68. The quantitative estimate of drug-likeness (QED) is 0.639. The molecule has 1 aliphatic rings. The van der Waals surface area contributed by atoms with Gasteiger partial charge in [-0.1, -0.05) is 18.1 Å². The number of esters is 1. The number of piperidine rings is 1. The molecule has 21 heavy (non-hydrogen) atoms. The molecule has 0 radical (unpaired) electrons. The van der Waals surface area contributed by atoms with E-state index in [4.69, 9.17) is 15.6 Å². The number of aromatic nitrogens is 1. The summed E-state index contributed by atoms with van der Waals surface area (Å²) < 4.78 is 10.7. The molecule has 1 aromatic heterocycles. The maximum atomic E-state index is 11.8. The average molecular weight is 284 g/mol. The number of nitrogens with zero attached hydrogens (tertiary/aromatic N) is 2. The number of hydrogen-bond acceptors (Lipinski definition) is 5. The zero-order chi connectivity index (χ0) is 14.7. The van der Waals surface area contributed by atoms with Gasteiger partial charge in [-0.3, -0.25) is 4.79 Å². The molecule has 0 amide bonds. The van der Waals surface area contributed by atoms with Gasteiger partial charge in [0.05, 0.1) is 5.92 Å². The van der Waals surface area contributed by atoms with E-state index in [9.17, 15) is 4.79 Å². The minimum absolute atomic E-state index is 0.0458. The van der Waals surface area contributed by atoms with E-state index in [1.807, 2.05) is 24.3 Å². The number of fused-ring (bicyclic) bond motifs is 1. The number of terminal acetylenes is 1. The molecule has 1 aliphatic heterocycles. The number of carbonyl (C=O) groups is 1. The van der Waals surface area contributed by atoms with Crippen LogP contribution in [-0.4, -0.2) is 30.6 Å². The Bertz CT molecular complexity index is 645. The molecule has 2 heterocycles. The van der Waals surface area contributed by atoms with Crippen molar-refractivity contribution in [2.24, 2.45) is 5.92 Å². The van der Waals surface area contributed by atoms with Crippen molar-refractivity contribution in [1.29, 1.82) is 0 Å². The van der Waals surface area contributed by atoms with Crippen LogP contribution in [0.1, 0.15) is 12.8 Å². The van der Waals surface area contributed by atoms with Crippen LogP contribution in [0, 0.1) is 18.3 Å². The Hall–Kier alpha value is -2.48. The SMILES string of the molecule is C#CCOC(=O)C1CCN(c2nc3ccccc3o2)CC1. The molecule has 1 fully saturated rings. The Kier molecular flexibility index (Phi) is 3.78. The smallest absolute Gasteiger partial charge is 0.310 e. The van der Waals surface area contributed by atoms with Crippen molar-refractivity contribution in [3.63, 3.8) is 0 Å². The standard InChI is InChI=1S/C16H16N2O3/c1-2-11-20-15(19)12-7-9-18(10-8-12)16-17-13-5-3-4-6-14(13)21-16/h1,3-6,12H,7-11H2. The van der Waals surface area contributed by atoms with Crippen molar-refractivity contribution in [1.82, 2.24) is 4.98 Å². The number of ether oxygens (including phenoxy) is 1. The van der Waals surface area contributed by atoms with Gasteiger partial charge in [0.1, 0.15) is 5.52 Å². The lowest BCUT2D eigenvalue weighted by Gasteiger charge is -2.29. The monoisotopic (exact) mass is 284 g/mol. The van der Waals surface area contributed by atoms with Gasteiger partial charge in [0.2, 0.25) is 0 Å². The number of hydrogen-bond donors (Lipinski definition) is 0. The molecule has 1 saturated heterocycles. The predicted molar refractivity (Wildman–Crippen MR) is 78.7 cm³/mol. The van der Waals surface area contributed by atoms with E-state index in [2.05, 4.69) is 15.8 Å². The first-order chi connectivity index (χ1) is 10.3. The zero-order valence-corrected chi connectivity index (χ0v) is 11.6. The molecular weight excluding hydrogens is 268 g/mol. The largest absolute Gasteiger partial charge is 0.452 e. The Morgan fingerprint density at radius 2 is 2.19 bits per heavy atom. The molecular formula is C16H16N2O3. The molecule has 3 rings (SSSR count). The van der Waals surface area contributed by atoms with E-state index in [0.717, 1.165) is 37.0 Å². The fraction of sp³-hybridized carbons (Fsp3) is 0.375. The normalized spacial score (nSPS) is 15.9. The van der Waals surface area contributed by atoms with E-state index in [1.165, 1.54) is 0 Å². The van der Waals surface area contributed by atoms with Crippen LogP contribution >= 0.6 is 0 Å². The molecule has 1 aromatic carbocycles. The van der Waals surface area contributed by atoms with Gasteiger partial charge in [-0.15, -0.1) is 6.42 Å². The minimum atomic E-state index is -0.204. The van der Waals surface area contributed by atoms with Gasteiger partial charge in [0.25, 0.3) is 6.01 Å². The molecule has 5 heteroatoms. The minimum Gasteiger partial charge on any atom is -0.452 e. The van der Waals surface area contributed by atoms with E-state index < -0.39 is 0 Å². The van der Waals surface area contributed by atoms with Crippen LogP contribution in [0.3, 0.4) is 0 Å². The van der Waals surface area contributed by atoms with Crippen molar-refractivity contribution in [3.05, 3.63) is 24.3 Å². The molecule has 5 nitrogen and oxygen atoms in total. The van der Waals surface area contributed by atoms with Crippen LogP contribution in [0.4, 0.5) is 6.01 Å². The van der Waals surface area contributed by atoms with Crippen molar-refractivity contribution < 1.29 is 13.9 Å². The molecule has 0 unspecified atom stereocenters. The number of anilines is 1. The Labute approximate surface area is 122 Å². The van der Waals surface area contributed by atoms with Crippen molar-refractivity contribution in [3.8, 4) is 12.3 Å². The maximum absolute atomic E-state index is 11.8. The molecule has 0 aliphatic carbocycles. The van der Waals surface area contributed by atoms with E-state index in [0.29, 0.717) is 6.01 Å². The summed E-state index contributed by atoms with van der Waals surface area (Å²) in [6.45, 7) is 1.50. The van der Waals surface area contributed by atoms with Gasteiger partial charge in [-0.25, -0.2) is 0 Å². The lowest BCUT2D eigenvalue weighted by atomic mass is 9.97. The fourth-order valence-electron chi connectivity index (χ4n) is 2.53. The highest BCUT2D eigenvalue weighted by atomic mass is 16.5. The third kappa shape index (κ3) is 2.84. The van der Waals surface area contributed by atoms with Gasteiger partial charge in [-0.05, 0) is 25.0 Å².